The van der Waals surface area contributed by atoms with Gasteiger partial charge in [-0.1, -0.05) is 43.7 Å². The zero-order valence-corrected chi connectivity index (χ0v) is 23.0. The van der Waals surface area contributed by atoms with E-state index in [0.29, 0.717) is 24.4 Å². The normalized spacial score (nSPS) is 12.2. The lowest BCUT2D eigenvalue weighted by molar-refractivity contribution is -0.140. The zero-order chi connectivity index (χ0) is 26.9. The van der Waals surface area contributed by atoms with Crippen molar-refractivity contribution >= 4 is 27.5 Å². The second-order valence-electron chi connectivity index (χ2n) is 9.46. The molecule has 0 bridgehead atoms. The van der Waals surface area contributed by atoms with Crippen molar-refractivity contribution in [1.29, 1.82) is 0 Å². The Bertz CT molecular complexity index is 1100. The molecule has 0 radical (unpaired) electrons. The summed E-state index contributed by atoms with van der Waals surface area (Å²) in [6, 6.07) is 13.9. The van der Waals surface area contributed by atoms with Crippen LogP contribution in [-0.2, 0) is 26.2 Å². The number of nitrogens with zero attached hydrogens (tertiary/aromatic N) is 2. The van der Waals surface area contributed by atoms with Crippen LogP contribution in [-0.4, -0.2) is 57.6 Å². The molecule has 8 nitrogen and oxygen atoms in total. The average Bonchev–Trinajstić information content (AvgIpc) is 2.83. The second kappa shape index (κ2) is 13.3. The van der Waals surface area contributed by atoms with Gasteiger partial charge in [0.25, 0.3) is 0 Å². The van der Waals surface area contributed by atoms with Crippen LogP contribution >= 0.6 is 0 Å². The molecule has 198 valence electrons. The van der Waals surface area contributed by atoms with E-state index in [1.165, 1.54) is 4.31 Å². The lowest BCUT2D eigenvalue weighted by atomic mass is 10.1. The highest BCUT2D eigenvalue weighted by molar-refractivity contribution is 7.92. The maximum Gasteiger partial charge on any atom is 0.242 e. The Labute approximate surface area is 215 Å². The molecule has 2 aromatic rings. The van der Waals surface area contributed by atoms with Crippen LogP contribution in [0.4, 0.5) is 5.69 Å². The summed E-state index contributed by atoms with van der Waals surface area (Å²) in [5, 5.41) is 2.90. The van der Waals surface area contributed by atoms with E-state index >= 15 is 0 Å². The largest absolute Gasteiger partial charge is 0.497 e. The van der Waals surface area contributed by atoms with E-state index < -0.39 is 16.1 Å². The number of sulfonamides is 1. The molecule has 0 heterocycles. The Morgan fingerprint density at radius 1 is 1.00 bits per heavy atom. The van der Waals surface area contributed by atoms with Crippen LogP contribution < -0.4 is 14.4 Å². The number of aryl methyl sites for hydroxylation is 1. The van der Waals surface area contributed by atoms with Gasteiger partial charge in [0.1, 0.15) is 11.8 Å². The Kier molecular flexibility index (Phi) is 10.8. The molecule has 9 heteroatoms. The SMILES string of the molecule is COc1ccc(CN(C(=O)CCCN(c2ccc(C)cc2)S(C)(=O)=O)[C@@H](C)C(=O)NCC(C)C)cc1. The van der Waals surface area contributed by atoms with E-state index in [0.717, 1.165) is 17.4 Å². The first-order chi connectivity index (χ1) is 16.9. The molecule has 0 spiro atoms. The molecule has 0 aliphatic heterocycles. The molecule has 0 aliphatic rings. The van der Waals surface area contributed by atoms with Gasteiger partial charge in [-0.25, -0.2) is 8.42 Å². The molecule has 2 aromatic carbocycles. The Morgan fingerprint density at radius 3 is 2.14 bits per heavy atom. The number of benzene rings is 2. The molecule has 0 aliphatic carbocycles. The van der Waals surface area contributed by atoms with Crippen LogP contribution in [0.2, 0.25) is 0 Å². The van der Waals surface area contributed by atoms with E-state index in [2.05, 4.69) is 5.32 Å². The van der Waals surface area contributed by atoms with Gasteiger partial charge in [-0.15, -0.1) is 0 Å². The second-order valence-corrected chi connectivity index (χ2v) is 11.4. The topological polar surface area (TPSA) is 96.0 Å². The van der Waals surface area contributed by atoms with E-state index in [1.807, 2.05) is 57.2 Å². The number of amides is 2. The molecule has 1 N–H and O–H groups in total. The van der Waals surface area contributed by atoms with Gasteiger partial charge >= 0.3 is 0 Å². The predicted molar refractivity (Wildman–Crippen MR) is 143 cm³/mol. The number of carbonyl (C=O) groups excluding carboxylic acids is 2. The van der Waals surface area contributed by atoms with Crippen LogP contribution in [0.15, 0.2) is 48.5 Å². The van der Waals surface area contributed by atoms with Crippen LogP contribution in [0.1, 0.15) is 44.7 Å². The number of methoxy groups -OCH3 is 1. The lowest BCUT2D eigenvalue weighted by Crippen LogP contribution is -2.48. The molecule has 36 heavy (non-hydrogen) atoms. The molecule has 0 saturated carbocycles. The van der Waals surface area contributed by atoms with Crippen molar-refractivity contribution in [3.8, 4) is 5.75 Å². The van der Waals surface area contributed by atoms with Crippen molar-refractivity contribution in [2.45, 2.75) is 53.1 Å². The Hall–Kier alpha value is -3.07. The molecule has 2 amide bonds. The number of rotatable bonds is 13. The fraction of sp³-hybridized carbons (Fsp3) is 0.481. The summed E-state index contributed by atoms with van der Waals surface area (Å²) < 4.78 is 31.3. The molecule has 0 saturated heterocycles. The van der Waals surface area contributed by atoms with Crippen LogP contribution in [0.5, 0.6) is 5.75 Å². The summed E-state index contributed by atoms with van der Waals surface area (Å²) in [7, 11) is -1.93. The highest BCUT2D eigenvalue weighted by Crippen LogP contribution is 2.20. The van der Waals surface area contributed by atoms with Crippen LogP contribution in [0.3, 0.4) is 0 Å². The fourth-order valence-corrected chi connectivity index (χ4v) is 4.64. The van der Waals surface area contributed by atoms with Gasteiger partial charge < -0.3 is 15.0 Å². The quantitative estimate of drug-likeness (QED) is 0.437. The number of hydrogen-bond donors (Lipinski definition) is 1. The van der Waals surface area contributed by atoms with E-state index in [4.69, 9.17) is 4.74 Å². The maximum absolute atomic E-state index is 13.3. The van der Waals surface area contributed by atoms with Gasteiger partial charge in [0, 0.05) is 26.1 Å². The van der Waals surface area contributed by atoms with Gasteiger partial charge in [-0.05, 0) is 56.0 Å². The third-order valence-electron chi connectivity index (χ3n) is 5.84. The third kappa shape index (κ3) is 8.86. The van der Waals surface area contributed by atoms with Gasteiger partial charge in [0.2, 0.25) is 21.8 Å². The standard InChI is InChI=1S/C27H39N3O5S/c1-20(2)18-28-27(32)22(4)29(19-23-11-15-25(35-5)16-12-23)26(31)8-7-17-30(36(6,33)34)24-13-9-21(3)10-14-24/h9-16,20,22H,7-8,17-19H2,1-6H3,(H,28,32)/t22-/m0/s1. The van der Waals surface area contributed by atoms with Gasteiger partial charge in [0.05, 0.1) is 19.1 Å². The predicted octanol–water partition coefficient (Wildman–Crippen LogP) is 3.74. The smallest absolute Gasteiger partial charge is 0.242 e. The minimum Gasteiger partial charge on any atom is -0.497 e. The maximum atomic E-state index is 13.3. The number of hydrogen-bond acceptors (Lipinski definition) is 5. The van der Waals surface area contributed by atoms with E-state index in [9.17, 15) is 18.0 Å². The minimum absolute atomic E-state index is 0.107. The number of ether oxygens (including phenoxy) is 1. The van der Waals surface area contributed by atoms with E-state index in [-0.39, 0.29) is 37.2 Å². The number of nitrogens with one attached hydrogen (secondary N) is 1. The number of anilines is 1. The third-order valence-corrected chi connectivity index (χ3v) is 7.03. The van der Waals surface area contributed by atoms with Gasteiger partial charge in [0.15, 0.2) is 0 Å². The molecule has 1 atom stereocenters. The first kappa shape index (κ1) is 29.2. The minimum atomic E-state index is -3.52. The van der Waals surface area contributed by atoms with E-state index in [1.54, 1.807) is 31.1 Å². The fourth-order valence-electron chi connectivity index (χ4n) is 3.68. The van der Waals surface area contributed by atoms with Crippen molar-refractivity contribution in [3.05, 3.63) is 59.7 Å². The number of carbonyl (C=O) groups is 2. The molecule has 0 aromatic heterocycles. The van der Waals surface area contributed by atoms with Crippen molar-refractivity contribution in [3.63, 3.8) is 0 Å². The highest BCUT2D eigenvalue weighted by Gasteiger charge is 2.26. The molecular formula is C27H39N3O5S. The molecule has 0 unspecified atom stereocenters. The summed E-state index contributed by atoms with van der Waals surface area (Å²) >= 11 is 0. The summed E-state index contributed by atoms with van der Waals surface area (Å²) in [6.45, 7) is 8.60. The summed E-state index contributed by atoms with van der Waals surface area (Å²) in [5.74, 6) is 0.560. The van der Waals surface area contributed by atoms with Crippen molar-refractivity contribution < 1.29 is 22.7 Å². The highest BCUT2D eigenvalue weighted by atomic mass is 32.2. The summed E-state index contributed by atoms with van der Waals surface area (Å²) in [4.78, 5) is 27.7. The monoisotopic (exact) mass is 517 g/mol. The first-order valence-electron chi connectivity index (χ1n) is 12.2. The first-order valence-corrected chi connectivity index (χ1v) is 14.0. The zero-order valence-electron chi connectivity index (χ0n) is 22.2. The van der Waals surface area contributed by atoms with Crippen LogP contribution in [0, 0.1) is 12.8 Å². The average molecular weight is 518 g/mol. The van der Waals surface area contributed by atoms with Crippen molar-refractivity contribution in [1.82, 2.24) is 10.2 Å². The lowest BCUT2D eigenvalue weighted by Gasteiger charge is -2.29. The summed E-state index contributed by atoms with van der Waals surface area (Å²) in [6.07, 6.45) is 1.58. The van der Waals surface area contributed by atoms with Crippen LogP contribution in [0.25, 0.3) is 0 Å². The van der Waals surface area contributed by atoms with Gasteiger partial charge in [-0.3, -0.25) is 13.9 Å². The van der Waals surface area contributed by atoms with Crippen molar-refractivity contribution in [2.75, 3.05) is 30.8 Å². The Balaban J connectivity index is 2.15. The summed E-state index contributed by atoms with van der Waals surface area (Å²) in [5.41, 5.74) is 2.46. The van der Waals surface area contributed by atoms with Gasteiger partial charge in [-0.2, -0.15) is 0 Å². The molecular weight excluding hydrogens is 478 g/mol. The van der Waals surface area contributed by atoms with Crippen molar-refractivity contribution in [2.24, 2.45) is 5.92 Å². The molecule has 2 rings (SSSR count). The molecule has 0 fully saturated rings. The Morgan fingerprint density at radius 2 is 1.61 bits per heavy atom.